The Bertz CT molecular complexity index is 526. The van der Waals surface area contributed by atoms with Crippen LogP contribution in [0.15, 0.2) is 21.1 Å². The van der Waals surface area contributed by atoms with E-state index in [-0.39, 0.29) is 17.8 Å². The molecule has 0 spiro atoms. The molecule has 2 heterocycles. The summed E-state index contributed by atoms with van der Waals surface area (Å²) in [5.41, 5.74) is 5.72. The minimum atomic E-state index is -0.0665. The van der Waals surface area contributed by atoms with Gasteiger partial charge >= 0.3 is 0 Å². The summed E-state index contributed by atoms with van der Waals surface area (Å²) in [5.74, 6) is 0.307. The summed E-state index contributed by atoms with van der Waals surface area (Å²) >= 11 is 4.82. The van der Waals surface area contributed by atoms with Crippen LogP contribution in [0.25, 0.3) is 0 Å². The monoisotopic (exact) mass is 374 g/mol. The molecule has 3 N–H and O–H groups in total. The zero-order valence-electron chi connectivity index (χ0n) is 11.8. The molecule has 0 aliphatic carbocycles. The number of carbonyl (C=O) groups excluding carboxylic acids is 1. The summed E-state index contributed by atoms with van der Waals surface area (Å²) in [4.78, 5) is 17.1. The maximum absolute atomic E-state index is 12.4. The molecule has 0 saturated carbocycles. The number of rotatable bonds is 4. The van der Waals surface area contributed by atoms with E-state index < -0.39 is 0 Å². The molecule has 2 rings (SSSR count). The van der Waals surface area contributed by atoms with E-state index >= 15 is 0 Å². The van der Waals surface area contributed by atoms with Crippen molar-refractivity contribution in [2.24, 2.45) is 10.9 Å². The smallest absolute Gasteiger partial charge is 0.264 e. The number of nitrogens with zero attached hydrogens (tertiary/aromatic N) is 3. The molecule has 1 atom stereocenters. The Morgan fingerprint density at radius 3 is 2.62 bits per heavy atom. The number of amidine groups is 1. The van der Waals surface area contributed by atoms with Crippen molar-refractivity contribution in [2.75, 3.05) is 26.2 Å². The van der Waals surface area contributed by atoms with Crippen molar-refractivity contribution in [2.45, 2.75) is 19.4 Å². The summed E-state index contributed by atoms with van der Waals surface area (Å²) in [6, 6.07) is 3.66. The number of amides is 1. The minimum absolute atomic E-state index is 0.0665. The van der Waals surface area contributed by atoms with Gasteiger partial charge in [0.15, 0.2) is 5.84 Å². The highest BCUT2D eigenvalue weighted by Gasteiger charge is 2.28. The average molecular weight is 375 g/mol. The van der Waals surface area contributed by atoms with Gasteiger partial charge in [-0.15, -0.1) is 11.3 Å². The van der Waals surface area contributed by atoms with Gasteiger partial charge in [-0.25, -0.2) is 0 Å². The van der Waals surface area contributed by atoms with Gasteiger partial charge in [-0.1, -0.05) is 12.1 Å². The largest absolute Gasteiger partial charge is 0.409 e. The van der Waals surface area contributed by atoms with E-state index in [9.17, 15) is 4.79 Å². The van der Waals surface area contributed by atoms with Crippen LogP contribution in [-0.2, 0) is 0 Å². The third-order valence-electron chi connectivity index (χ3n) is 3.67. The molecule has 116 valence electrons. The van der Waals surface area contributed by atoms with Crippen molar-refractivity contribution in [1.29, 1.82) is 0 Å². The predicted octanol–water partition coefficient (Wildman–Crippen LogP) is 1.79. The molecule has 21 heavy (non-hydrogen) atoms. The first-order valence-corrected chi connectivity index (χ1v) is 8.43. The Morgan fingerprint density at radius 2 is 2.14 bits per heavy atom. The Morgan fingerprint density at radius 1 is 1.48 bits per heavy atom. The highest BCUT2D eigenvalue weighted by molar-refractivity contribution is 9.11. The normalized spacial score (nSPS) is 18.8. The van der Waals surface area contributed by atoms with Crippen LogP contribution in [0.2, 0.25) is 0 Å². The number of halogens is 1. The molecule has 0 bridgehead atoms. The SMILES string of the molecule is CCC(C(N)=NO)N1CCN(C(=O)c2ccc(Br)s2)CC1. The molecule has 1 aliphatic heterocycles. The van der Waals surface area contributed by atoms with Gasteiger partial charge in [0.2, 0.25) is 0 Å². The van der Waals surface area contributed by atoms with Gasteiger partial charge < -0.3 is 15.8 Å². The van der Waals surface area contributed by atoms with Crippen LogP contribution in [0.4, 0.5) is 0 Å². The Kier molecular flexibility index (Phi) is 5.60. The zero-order chi connectivity index (χ0) is 15.4. The van der Waals surface area contributed by atoms with E-state index in [0.717, 1.165) is 28.2 Å². The maximum atomic E-state index is 12.4. The van der Waals surface area contributed by atoms with Gasteiger partial charge in [0.25, 0.3) is 5.91 Å². The summed E-state index contributed by atoms with van der Waals surface area (Å²) in [7, 11) is 0. The van der Waals surface area contributed by atoms with Crippen molar-refractivity contribution < 1.29 is 10.0 Å². The average Bonchev–Trinajstić information content (AvgIpc) is 2.94. The third-order valence-corrected chi connectivity index (χ3v) is 5.28. The summed E-state index contributed by atoms with van der Waals surface area (Å²) in [6.45, 7) is 4.77. The Hall–Kier alpha value is -1.12. The van der Waals surface area contributed by atoms with Crippen LogP contribution in [0.3, 0.4) is 0 Å². The third kappa shape index (κ3) is 3.75. The van der Waals surface area contributed by atoms with Crippen molar-refractivity contribution in [3.63, 3.8) is 0 Å². The summed E-state index contributed by atoms with van der Waals surface area (Å²) in [6.07, 6.45) is 0.779. The van der Waals surface area contributed by atoms with E-state index in [1.807, 2.05) is 24.0 Å². The summed E-state index contributed by atoms with van der Waals surface area (Å²) < 4.78 is 0.961. The predicted molar refractivity (Wildman–Crippen MR) is 87.0 cm³/mol. The standard InChI is InChI=1S/C13H19BrN4O2S/c1-2-9(12(15)16-20)17-5-7-18(8-6-17)13(19)10-3-4-11(14)21-10/h3-4,9,20H,2,5-8H2,1H3,(H2,15,16). The van der Waals surface area contributed by atoms with E-state index in [1.165, 1.54) is 11.3 Å². The van der Waals surface area contributed by atoms with Crippen LogP contribution in [0.1, 0.15) is 23.0 Å². The van der Waals surface area contributed by atoms with E-state index in [0.29, 0.717) is 13.1 Å². The van der Waals surface area contributed by atoms with Crippen LogP contribution >= 0.6 is 27.3 Å². The molecule has 0 radical (unpaired) electrons. The molecular weight excluding hydrogens is 356 g/mol. The Balaban J connectivity index is 1.95. The second-order valence-corrected chi connectivity index (χ2v) is 7.34. The van der Waals surface area contributed by atoms with Gasteiger partial charge in [0.05, 0.1) is 14.7 Å². The highest BCUT2D eigenvalue weighted by atomic mass is 79.9. The molecule has 1 aromatic rings. The fraction of sp³-hybridized carbons (Fsp3) is 0.538. The highest BCUT2D eigenvalue weighted by Crippen LogP contribution is 2.24. The van der Waals surface area contributed by atoms with Crippen LogP contribution in [-0.4, -0.2) is 59.0 Å². The molecule has 1 fully saturated rings. The van der Waals surface area contributed by atoms with Crippen LogP contribution in [0, 0.1) is 0 Å². The second-order valence-electron chi connectivity index (χ2n) is 4.88. The lowest BCUT2D eigenvalue weighted by Crippen LogP contribution is -2.55. The van der Waals surface area contributed by atoms with Crippen molar-refractivity contribution >= 4 is 39.0 Å². The van der Waals surface area contributed by atoms with Crippen molar-refractivity contribution in [1.82, 2.24) is 9.80 Å². The van der Waals surface area contributed by atoms with E-state index in [1.54, 1.807) is 0 Å². The molecule has 1 aromatic heterocycles. The number of hydrogen-bond acceptors (Lipinski definition) is 5. The van der Waals surface area contributed by atoms with Crippen molar-refractivity contribution in [3.05, 3.63) is 20.8 Å². The van der Waals surface area contributed by atoms with E-state index in [4.69, 9.17) is 10.9 Å². The van der Waals surface area contributed by atoms with Gasteiger partial charge in [-0.05, 0) is 34.5 Å². The summed E-state index contributed by atoms with van der Waals surface area (Å²) in [5, 5.41) is 11.9. The lowest BCUT2D eigenvalue weighted by molar-refractivity contribution is 0.0613. The number of nitrogens with two attached hydrogens (primary N) is 1. The number of hydrogen-bond donors (Lipinski definition) is 2. The van der Waals surface area contributed by atoms with Gasteiger partial charge in [-0.3, -0.25) is 9.69 Å². The molecule has 1 amide bonds. The molecule has 1 saturated heterocycles. The fourth-order valence-corrected chi connectivity index (χ4v) is 3.90. The molecular formula is C13H19BrN4O2S. The number of oxime groups is 1. The number of piperazine rings is 1. The van der Waals surface area contributed by atoms with E-state index in [2.05, 4.69) is 26.0 Å². The second kappa shape index (κ2) is 7.24. The first kappa shape index (κ1) is 16.3. The topological polar surface area (TPSA) is 82.2 Å². The Labute approximate surface area is 136 Å². The zero-order valence-corrected chi connectivity index (χ0v) is 14.2. The lowest BCUT2D eigenvalue weighted by atomic mass is 10.1. The van der Waals surface area contributed by atoms with Gasteiger partial charge in [0.1, 0.15) is 0 Å². The first-order chi connectivity index (χ1) is 10.1. The van der Waals surface area contributed by atoms with Crippen LogP contribution in [0.5, 0.6) is 0 Å². The number of carbonyl (C=O) groups is 1. The molecule has 1 unspecified atom stereocenters. The lowest BCUT2D eigenvalue weighted by Gasteiger charge is -2.38. The van der Waals surface area contributed by atoms with Gasteiger partial charge in [0, 0.05) is 26.2 Å². The van der Waals surface area contributed by atoms with Crippen LogP contribution < -0.4 is 5.73 Å². The van der Waals surface area contributed by atoms with Gasteiger partial charge in [-0.2, -0.15) is 0 Å². The van der Waals surface area contributed by atoms with Crippen molar-refractivity contribution in [3.8, 4) is 0 Å². The molecule has 6 nitrogen and oxygen atoms in total. The maximum Gasteiger partial charge on any atom is 0.264 e. The molecule has 0 aromatic carbocycles. The number of thiophene rings is 1. The fourth-order valence-electron chi connectivity index (χ4n) is 2.54. The minimum Gasteiger partial charge on any atom is -0.409 e. The molecule has 1 aliphatic rings. The first-order valence-electron chi connectivity index (χ1n) is 6.83. The quantitative estimate of drug-likeness (QED) is 0.364. The molecule has 8 heteroatoms.